The summed E-state index contributed by atoms with van der Waals surface area (Å²) >= 11 is 0. The van der Waals surface area contributed by atoms with Crippen molar-refractivity contribution in [2.45, 2.75) is 91.3 Å². The molecule has 230 valence electrons. The molecule has 42 heavy (non-hydrogen) atoms. The first-order chi connectivity index (χ1) is 19.9. The fourth-order valence-electron chi connectivity index (χ4n) is 4.63. The first-order valence-electron chi connectivity index (χ1n) is 14.9. The second-order valence-electron chi connectivity index (χ2n) is 11.9. The zero-order valence-corrected chi connectivity index (χ0v) is 26.4. The lowest BCUT2D eigenvalue weighted by Gasteiger charge is -2.35. The fourth-order valence-corrected chi connectivity index (χ4v) is 4.63. The van der Waals surface area contributed by atoms with E-state index in [0.29, 0.717) is 36.4 Å². The summed E-state index contributed by atoms with van der Waals surface area (Å²) in [6.07, 6.45) is 5.11. The number of amides is 3. The maximum absolute atomic E-state index is 14.4. The van der Waals surface area contributed by atoms with Crippen LogP contribution < -0.4 is 15.4 Å². The summed E-state index contributed by atoms with van der Waals surface area (Å²) in [4.78, 5) is 42.9. The number of rotatable bonds is 15. The van der Waals surface area contributed by atoms with E-state index in [1.165, 1.54) is 0 Å². The van der Waals surface area contributed by atoms with Gasteiger partial charge in [0, 0.05) is 12.2 Å². The second-order valence-corrected chi connectivity index (χ2v) is 11.9. The van der Waals surface area contributed by atoms with E-state index in [4.69, 9.17) is 9.47 Å². The molecule has 3 amide bonds. The van der Waals surface area contributed by atoms with Crippen molar-refractivity contribution in [2.24, 2.45) is 5.92 Å². The normalized spacial score (nSPS) is 12.7. The average Bonchev–Trinajstić information content (AvgIpc) is 2.93. The number of unbranched alkanes of at least 4 members (excludes halogenated alkanes) is 3. The minimum atomic E-state index is -0.948. The number of nitrogens with zero attached hydrogens (tertiary/aromatic N) is 1. The van der Waals surface area contributed by atoms with Crippen LogP contribution in [0.5, 0.6) is 5.75 Å². The lowest BCUT2D eigenvalue weighted by atomic mass is 9.97. The van der Waals surface area contributed by atoms with Gasteiger partial charge in [0.05, 0.1) is 7.11 Å². The molecule has 0 aliphatic rings. The number of ether oxygens (including phenoxy) is 2. The Balaban J connectivity index is 2.56. The van der Waals surface area contributed by atoms with E-state index in [2.05, 4.69) is 24.1 Å². The first-order valence-corrected chi connectivity index (χ1v) is 14.9. The van der Waals surface area contributed by atoms with Gasteiger partial charge in [-0.3, -0.25) is 9.59 Å². The summed E-state index contributed by atoms with van der Waals surface area (Å²) in [5, 5.41) is 5.79. The Morgan fingerprint density at radius 1 is 1.02 bits per heavy atom. The van der Waals surface area contributed by atoms with Gasteiger partial charge in [-0.25, -0.2) is 4.79 Å². The molecule has 2 aromatic carbocycles. The second kappa shape index (κ2) is 16.6. The van der Waals surface area contributed by atoms with Crippen molar-refractivity contribution < 1.29 is 23.9 Å². The van der Waals surface area contributed by atoms with E-state index in [1.54, 1.807) is 63.1 Å². The van der Waals surface area contributed by atoms with Crippen molar-refractivity contribution in [3.05, 3.63) is 66.2 Å². The Morgan fingerprint density at radius 3 is 2.29 bits per heavy atom. The molecule has 2 N–H and O–H groups in total. The summed E-state index contributed by atoms with van der Waals surface area (Å²) in [7, 11) is 1.58. The van der Waals surface area contributed by atoms with Gasteiger partial charge in [-0.15, -0.1) is 0 Å². The number of methoxy groups -OCH3 is 1. The van der Waals surface area contributed by atoms with E-state index in [9.17, 15) is 14.4 Å². The molecule has 0 aliphatic heterocycles. The van der Waals surface area contributed by atoms with Crippen LogP contribution in [0.3, 0.4) is 0 Å². The molecule has 0 fully saturated rings. The third kappa shape index (κ3) is 11.2. The molecule has 2 unspecified atom stereocenters. The fraction of sp³-hybridized carbons (Fsp3) is 0.500. The lowest BCUT2D eigenvalue weighted by Crippen LogP contribution is -2.53. The number of nitrogens with one attached hydrogen (secondary N) is 2. The molecule has 8 nitrogen and oxygen atoms in total. The molecule has 0 aliphatic carbocycles. The van der Waals surface area contributed by atoms with E-state index in [-0.39, 0.29) is 17.7 Å². The van der Waals surface area contributed by atoms with Gasteiger partial charge in [-0.1, -0.05) is 70.9 Å². The van der Waals surface area contributed by atoms with Gasteiger partial charge in [0.15, 0.2) is 0 Å². The quantitative estimate of drug-likeness (QED) is 0.215. The third-order valence-corrected chi connectivity index (χ3v) is 6.61. The molecule has 2 aromatic rings. The highest BCUT2D eigenvalue weighted by Crippen LogP contribution is 2.28. The van der Waals surface area contributed by atoms with Crippen molar-refractivity contribution in [3.8, 4) is 5.75 Å². The van der Waals surface area contributed by atoms with Crippen LogP contribution in [0.15, 0.2) is 55.1 Å². The molecular formula is C34H49N3O5. The number of alkyl carbamates (subject to hydrolysis) is 1. The number of carbonyl (C=O) groups excluding carboxylic acids is 3. The van der Waals surface area contributed by atoms with Crippen molar-refractivity contribution in [2.75, 3.05) is 19.0 Å². The van der Waals surface area contributed by atoms with Gasteiger partial charge in [-0.2, -0.15) is 0 Å². The molecule has 0 spiro atoms. The Labute approximate surface area is 251 Å². The highest BCUT2D eigenvalue weighted by Gasteiger charge is 2.36. The predicted octanol–water partition coefficient (Wildman–Crippen LogP) is 7.37. The van der Waals surface area contributed by atoms with Crippen LogP contribution in [0.4, 0.5) is 10.5 Å². The molecule has 0 saturated carbocycles. The summed E-state index contributed by atoms with van der Waals surface area (Å²) in [6, 6.07) is 12.7. The maximum atomic E-state index is 14.4. The highest BCUT2D eigenvalue weighted by molar-refractivity contribution is 5.99. The molecule has 2 rings (SSSR count). The molecule has 8 heteroatoms. The largest absolute Gasteiger partial charge is 0.497 e. The average molecular weight is 580 g/mol. The van der Waals surface area contributed by atoms with Crippen LogP contribution in [-0.2, 0) is 14.3 Å². The first kappa shape index (κ1) is 34.4. The van der Waals surface area contributed by atoms with Crippen LogP contribution in [0.25, 0.3) is 6.08 Å². The van der Waals surface area contributed by atoms with Crippen LogP contribution in [0, 0.1) is 5.92 Å². The van der Waals surface area contributed by atoms with E-state index in [1.807, 2.05) is 38.1 Å². The van der Waals surface area contributed by atoms with Gasteiger partial charge in [-0.05, 0) is 81.0 Å². The number of anilines is 1. The molecule has 0 aromatic heterocycles. The Kier molecular flexibility index (Phi) is 13.6. The van der Waals surface area contributed by atoms with Crippen LogP contribution in [0.1, 0.15) is 90.8 Å². The van der Waals surface area contributed by atoms with Crippen LogP contribution in [-0.4, -0.2) is 48.1 Å². The van der Waals surface area contributed by atoms with Gasteiger partial charge in [0.1, 0.15) is 23.4 Å². The molecule has 0 radical (unpaired) electrons. The van der Waals surface area contributed by atoms with Crippen molar-refractivity contribution in [1.29, 1.82) is 0 Å². The summed E-state index contributed by atoms with van der Waals surface area (Å²) in [5.74, 6) is 0.0860. The Bertz CT molecular complexity index is 1170. The Hall–Kier alpha value is -3.81. The third-order valence-electron chi connectivity index (χ3n) is 6.61. The van der Waals surface area contributed by atoms with E-state index >= 15 is 0 Å². The van der Waals surface area contributed by atoms with E-state index < -0.39 is 23.8 Å². The van der Waals surface area contributed by atoms with Crippen LogP contribution in [0.2, 0.25) is 0 Å². The summed E-state index contributed by atoms with van der Waals surface area (Å²) in [5.41, 5.74) is 1.34. The van der Waals surface area contributed by atoms with Gasteiger partial charge < -0.3 is 25.0 Å². The topological polar surface area (TPSA) is 97.0 Å². The van der Waals surface area contributed by atoms with Crippen molar-refractivity contribution in [1.82, 2.24) is 10.2 Å². The summed E-state index contributed by atoms with van der Waals surface area (Å²) < 4.78 is 10.7. The van der Waals surface area contributed by atoms with Crippen molar-refractivity contribution in [3.63, 3.8) is 0 Å². The molecule has 2 atom stereocenters. The summed E-state index contributed by atoms with van der Waals surface area (Å²) in [6.45, 7) is 15.7. The Morgan fingerprint density at radius 2 is 1.71 bits per heavy atom. The molecule has 0 bridgehead atoms. The van der Waals surface area contributed by atoms with Gasteiger partial charge >= 0.3 is 6.09 Å². The minimum absolute atomic E-state index is 0.103. The van der Waals surface area contributed by atoms with Gasteiger partial charge in [0.25, 0.3) is 5.91 Å². The molecule has 0 saturated heterocycles. The smallest absolute Gasteiger partial charge is 0.408 e. The standard InChI is InChI=1S/C34H49N3O5/c1-9-11-12-13-21-37(32(39)29(22-24(3)4)36-33(40)42-34(5,6)7)30(26-16-14-15-25(10-2)23-26)31(38)35-27-17-19-28(41-8)20-18-27/h10,14-20,23-24,29-30H,2,9,11-13,21-22H2,1,3-8H3,(H,35,38)(H,36,40). The van der Waals surface area contributed by atoms with Gasteiger partial charge in [0.2, 0.25) is 5.91 Å². The zero-order chi connectivity index (χ0) is 31.3. The number of hydrogen-bond donors (Lipinski definition) is 2. The van der Waals surface area contributed by atoms with E-state index in [0.717, 1.165) is 24.8 Å². The molecular weight excluding hydrogens is 530 g/mol. The SMILES string of the molecule is C=Cc1cccc(C(C(=O)Nc2ccc(OC)cc2)N(CCCCCC)C(=O)C(CC(C)C)NC(=O)OC(C)(C)C)c1. The molecule has 0 heterocycles. The zero-order valence-electron chi connectivity index (χ0n) is 26.4. The number of benzene rings is 2. The lowest BCUT2D eigenvalue weighted by molar-refractivity contribution is -0.141. The number of carbonyl (C=O) groups is 3. The predicted molar refractivity (Wildman–Crippen MR) is 169 cm³/mol. The monoisotopic (exact) mass is 579 g/mol. The highest BCUT2D eigenvalue weighted by atomic mass is 16.6. The number of hydrogen-bond acceptors (Lipinski definition) is 5. The minimum Gasteiger partial charge on any atom is -0.497 e. The van der Waals surface area contributed by atoms with Crippen molar-refractivity contribution >= 4 is 29.7 Å². The maximum Gasteiger partial charge on any atom is 0.408 e. The van der Waals surface area contributed by atoms with Crippen LogP contribution >= 0.6 is 0 Å².